The van der Waals surface area contributed by atoms with Crippen LogP contribution in [0.4, 0.5) is 0 Å². The van der Waals surface area contributed by atoms with Crippen LogP contribution < -0.4 is 0 Å². The molecule has 1 aliphatic rings. The van der Waals surface area contributed by atoms with Crippen LogP contribution in [0.5, 0.6) is 0 Å². The highest BCUT2D eigenvalue weighted by molar-refractivity contribution is 8.03. The molecule has 1 heteroatoms. The molecule has 0 amide bonds. The first-order valence-corrected chi connectivity index (χ1v) is 5.51. The fourth-order valence-corrected chi connectivity index (χ4v) is 2.92. The summed E-state index contributed by atoms with van der Waals surface area (Å²) in [5.74, 6) is 1.30. The second kappa shape index (κ2) is 3.66. The van der Waals surface area contributed by atoms with Crippen LogP contribution in [0.1, 0.15) is 39.5 Å². The van der Waals surface area contributed by atoms with E-state index in [2.05, 4.69) is 20.4 Å². The predicted molar refractivity (Wildman–Crippen MR) is 53.8 cm³/mol. The summed E-state index contributed by atoms with van der Waals surface area (Å²) in [6.07, 6.45) is 5.28. The molecule has 0 aromatic rings. The lowest BCUT2D eigenvalue weighted by molar-refractivity contribution is 0.278. The number of hydrogen-bond acceptors (Lipinski definition) is 1. The molecule has 1 rings (SSSR count). The van der Waals surface area contributed by atoms with E-state index < -0.39 is 0 Å². The Bertz CT molecular complexity index is 133. The average molecular weight is 170 g/mol. The Kier molecular flexibility index (Phi) is 3.06. The van der Waals surface area contributed by atoms with Gasteiger partial charge in [-0.1, -0.05) is 20.4 Å². The maximum atomic E-state index is 4.01. The van der Waals surface area contributed by atoms with Crippen molar-refractivity contribution in [2.75, 3.05) is 5.75 Å². The molecule has 0 aromatic heterocycles. The van der Waals surface area contributed by atoms with E-state index in [1.807, 2.05) is 11.8 Å². The lowest BCUT2D eigenvalue weighted by Gasteiger charge is -2.35. The zero-order valence-corrected chi connectivity index (χ0v) is 8.47. The van der Waals surface area contributed by atoms with Gasteiger partial charge in [-0.15, -0.1) is 11.8 Å². The molecule has 0 nitrogen and oxygen atoms in total. The first kappa shape index (κ1) is 9.18. The van der Waals surface area contributed by atoms with Crippen LogP contribution in [0, 0.1) is 5.41 Å². The number of rotatable bonds is 2. The molecule has 0 bridgehead atoms. The Labute approximate surface area is 74.5 Å². The topological polar surface area (TPSA) is 0 Å². The van der Waals surface area contributed by atoms with Crippen LogP contribution in [-0.4, -0.2) is 5.75 Å². The molecule has 0 radical (unpaired) electrons. The maximum absolute atomic E-state index is 4.01. The van der Waals surface area contributed by atoms with Crippen molar-refractivity contribution in [2.24, 2.45) is 5.41 Å². The Morgan fingerprint density at radius 3 is 2.45 bits per heavy atom. The molecule has 1 saturated heterocycles. The fraction of sp³-hybridized carbons (Fsp3) is 0.800. The van der Waals surface area contributed by atoms with Crippen molar-refractivity contribution in [3.8, 4) is 0 Å². The van der Waals surface area contributed by atoms with Crippen molar-refractivity contribution in [2.45, 2.75) is 39.5 Å². The van der Waals surface area contributed by atoms with Crippen molar-refractivity contribution in [3.63, 3.8) is 0 Å². The highest BCUT2D eigenvalue weighted by Crippen LogP contribution is 2.44. The van der Waals surface area contributed by atoms with E-state index in [4.69, 9.17) is 0 Å². The summed E-state index contributed by atoms with van der Waals surface area (Å²) in [4.78, 5) is 1.39. The molecule has 0 atom stereocenters. The van der Waals surface area contributed by atoms with E-state index in [-0.39, 0.29) is 0 Å². The monoisotopic (exact) mass is 170 g/mol. The third-order valence-electron chi connectivity index (χ3n) is 3.02. The van der Waals surface area contributed by atoms with Crippen molar-refractivity contribution in [1.29, 1.82) is 0 Å². The predicted octanol–water partition coefficient (Wildman–Crippen LogP) is 3.83. The van der Waals surface area contributed by atoms with Gasteiger partial charge in [0.05, 0.1) is 0 Å². The van der Waals surface area contributed by atoms with Gasteiger partial charge in [-0.3, -0.25) is 0 Å². The lowest BCUT2D eigenvalue weighted by Crippen LogP contribution is -2.24. The van der Waals surface area contributed by atoms with Gasteiger partial charge in [0.15, 0.2) is 0 Å². The minimum absolute atomic E-state index is 0.645. The third-order valence-corrected chi connectivity index (χ3v) is 4.39. The lowest BCUT2D eigenvalue weighted by atomic mass is 9.80. The minimum atomic E-state index is 0.645. The SMILES string of the molecule is C=C1CCC(CC)(CC)CS1. The normalized spacial score (nSPS) is 23.6. The quantitative estimate of drug-likeness (QED) is 0.607. The molecule has 0 saturated carbocycles. The van der Waals surface area contributed by atoms with Gasteiger partial charge in [0.2, 0.25) is 0 Å². The van der Waals surface area contributed by atoms with E-state index in [1.165, 1.54) is 36.3 Å². The Hall–Kier alpha value is 0.0900. The molecule has 0 unspecified atom stereocenters. The molecule has 0 spiro atoms. The van der Waals surface area contributed by atoms with Gasteiger partial charge in [0.1, 0.15) is 0 Å². The van der Waals surface area contributed by atoms with E-state index in [1.54, 1.807) is 0 Å². The van der Waals surface area contributed by atoms with Gasteiger partial charge in [-0.05, 0) is 36.0 Å². The van der Waals surface area contributed by atoms with E-state index in [9.17, 15) is 0 Å². The molecule has 0 aliphatic carbocycles. The summed E-state index contributed by atoms with van der Waals surface area (Å²) in [7, 11) is 0. The molecule has 1 aliphatic heterocycles. The van der Waals surface area contributed by atoms with Gasteiger partial charge in [-0.25, -0.2) is 0 Å². The van der Waals surface area contributed by atoms with E-state index in [0.29, 0.717) is 5.41 Å². The summed E-state index contributed by atoms with van der Waals surface area (Å²) in [5.41, 5.74) is 0.645. The number of allylic oxidation sites excluding steroid dienone is 1. The van der Waals surface area contributed by atoms with Crippen LogP contribution >= 0.6 is 11.8 Å². The molecule has 1 fully saturated rings. The van der Waals surface area contributed by atoms with Crippen molar-refractivity contribution in [1.82, 2.24) is 0 Å². The molecular weight excluding hydrogens is 152 g/mol. The summed E-state index contributed by atoms with van der Waals surface area (Å²) >= 11 is 1.98. The molecule has 0 aromatic carbocycles. The summed E-state index contributed by atoms with van der Waals surface area (Å²) in [6, 6.07) is 0. The number of thioether (sulfide) groups is 1. The van der Waals surface area contributed by atoms with Crippen LogP contribution in [0.15, 0.2) is 11.5 Å². The van der Waals surface area contributed by atoms with Crippen LogP contribution in [-0.2, 0) is 0 Å². The summed E-state index contributed by atoms with van der Waals surface area (Å²) < 4.78 is 0. The largest absolute Gasteiger partial charge is 0.131 e. The summed E-state index contributed by atoms with van der Waals surface area (Å²) in [5, 5.41) is 0. The highest BCUT2D eigenvalue weighted by Gasteiger charge is 2.29. The van der Waals surface area contributed by atoms with Gasteiger partial charge in [0, 0.05) is 5.75 Å². The van der Waals surface area contributed by atoms with Crippen LogP contribution in [0.2, 0.25) is 0 Å². The van der Waals surface area contributed by atoms with Gasteiger partial charge >= 0.3 is 0 Å². The standard InChI is InChI=1S/C10H18S/c1-4-10(5-2)7-6-9(3)11-8-10/h3-8H2,1-2H3. The molecule has 11 heavy (non-hydrogen) atoms. The highest BCUT2D eigenvalue weighted by atomic mass is 32.2. The van der Waals surface area contributed by atoms with E-state index >= 15 is 0 Å². The third kappa shape index (κ3) is 2.02. The van der Waals surface area contributed by atoms with Gasteiger partial charge in [-0.2, -0.15) is 0 Å². The van der Waals surface area contributed by atoms with Crippen molar-refractivity contribution >= 4 is 11.8 Å². The Morgan fingerprint density at radius 2 is 2.09 bits per heavy atom. The zero-order chi connectivity index (χ0) is 8.32. The smallest absolute Gasteiger partial charge is 0.00332 e. The maximum Gasteiger partial charge on any atom is 0.00332 e. The van der Waals surface area contributed by atoms with Gasteiger partial charge in [0.25, 0.3) is 0 Å². The molecular formula is C10H18S. The second-order valence-corrected chi connectivity index (χ2v) is 4.69. The first-order valence-electron chi connectivity index (χ1n) is 4.53. The molecule has 0 N–H and O–H groups in total. The second-order valence-electron chi connectivity index (χ2n) is 3.53. The summed E-state index contributed by atoms with van der Waals surface area (Å²) in [6.45, 7) is 8.65. The van der Waals surface area contributed by atoms with Crippen LogP contribution in [0.3, 0.4) is 0 Å². The van der Waals surface area contributed by atoms with Gasteiger partial charge < -0.3 is 0 Å². The van der Waals surface area contributed by atoms with E-state index in [0.717, 1.165) is 0 Å². The fourth-order valence-electron chi connectivity index (χ4n) is 1.61. The Balaban J connectivity index is 2.52. The molecule has 64 valence electrons. The zero-order valence-electron chi connectivity index (χ0n) is 7.65. The number of hydrogen-bond donors (Lipinski definition) is 0. The van der Waals surface area contributed by atoms with Crippen LogP contribution in [0.25, 0.3) is 0 Å². The average Bonchev–Trinajstić information content (AvgIpc) is 2.07. The minimum Gasteiger partial charge on any atom is -0.131 e. The molecule has 1 heterocycles. The Morgan fingerprint density at radius 1 is 1.45 bits per heavy atom. The van der Waals surface area contributed by atoms with Crippen molar-refractivity contribution in [3.05, 3.63) is 11.5 Å². The first-order chi connectivity index (χ1) is 5.22. The van der Waals surface area contributed by atoms with Crippen molar-refractivity contribution < 1.29 is 0 Å².